The van der Waals surface area contributed by atoms with E-state index in [1.54, 1.807) is 0 Å². The van der Waals surface area contributed by atoms with Crippen molar-refractivity contribution in [1.29, 1.82) is 0 Å². The summed E-state index contributed by atoms with van der Waals surface area (Å²) in [5.74, 6) is 0. The van der Waals surface area contributed by atoms with E-state index >= 15 is 0 Å². The number of rotatable bonds is 1. The van der Waals surface area contributed by atoms with Crippen LogP contribution in [0.4, 0.5) is 0 Å². The molecule has 0 unspecified atom stereocenters. The SMILES string of the molecule is CCc1ccc(Br)c2cc[nH]c12. The van der Waals surface area contributed by atoms with Crippen LogP contribution in [0.25, 0.3) is 10.9 Å². The summed E-state index contributed by atoms with van der Waals surface area (Å²) in [5, 5.41) is 1.27. The van der Waals surface area contributed by atoms with Crippen molar-refractivity contribution in [2.24, 2.45) is 0 Å². The lowest BCUT2D eigenvalue weighted by Gasteiger charge is -2.00. The third-order valence-electron chi connectivity index (χ3n) is 2.14. The number of hydrogen-bond acceptors (Lipinski definition) is 0. The molecule has 1 aromatic carbocycles. The zero-order valence-electron chi connectivity index (χ0n) is 6.89. The normalized spacial score (nSPS) is 10.8. The van der Waals surface area contributed by atoms with Crippen LogP contribution in [0.1, 0.15) is 12.5 Å². The van der Waals surface area contributed by atoms with Crippen molar-refractivity contribution in [3.05, 3.63) is 34.4 Å². The molecule has 0 aliphatic heterocycles. The number of H-pyrrole nitrogens is 1. The minimum atomic E-state index is 1.07. The molecule has 2 aromatic rings. The summed E-state index contributed by atoms with van der Waals surface area (Å²) >= 11 is 3.52. The maximum atomic E-state index is 3.52. The van der Waals surface area contributed by atoms with Gasteiger partial charge in [-0.3, -0.25) is 0 Å². The van der Waals surface area contributed by atoms with E-state index in [4.69, 9.17) is 0 Å². The van der Waals surface area contributed by atoms with Crippen molar-refractivity contribution in [3.8, 4) is 0 Å². The van der Waals surface area contributed by atoms with Gasteiger partial charge in [-0.2, -0.15) is 0 Å². The first-order valence-corrected chi connectivity index (χ1v) is 4.86. The fourth-order valence-electron chi connectivity index (χ4n) is 1.48. The number of benzene rings is 1. The molecule has 1 nitrogen and oxygen atoms in total. The number of hydrogen-bond donors (Lipinski definition) is 1. The van der Waals surface area contributed by atoms with E-state index in [2.05, 4.69) is 46.0 Å². The third kappa shape index (κ3) is 1.07. The van der Waals surface area contributed by atoms with Crippen molar-refractivity contribution < 1.29 is 0 Å². The molecule has 0 saturated carbocycles. The molecule has 62 valence electrons. The molecule has 12 heavy (non-hydrogen) atoms. The molecule has 0 aliphatic rings. The van der Waals surface area contributed by atoms with E-state index in [0.717, 1.165) is 10.9 Å². The van der Waals surface area contributed by atoms with Crippen LogP contribution in [0.15, 0.2) is 28.9 Å². The van der Waals surface area contributed by atoms with Crippen LogP contribution in [-0.4, -0.2) is 4.98 Å². The van der Waals surface area contributed by atoms with Gasteiger partial charge in [0.2, 0.25) is 0 Å². The van der Waals surface area contributed by atoms with Gasteiger partial charge in [-0.1, -0.05) is 28.9 Å². The zero-order valence-corrected chi connectivity index (χ0v) is 8.48. The van der Waals surface area contributed by atoms with Gasteiger partial charge in [0.05, 0.1) is 0 Å². The van der Waals surface area contributed by atoms with E-state index in [9.17, 15) is 0 Å². The molecule has 0 atom stereocenters. The monoisotopic (exact) mass is 223 g/mol. The Hall–Kier alpha value is -0.760. The molecule has 2 rings (SSSR count). The van der Waals surface area contributed by atoms with Crippen molar-refractivity contribution in [2.75, 3.05) is 0 Å². The molecule has 0 fully saturated rings. The second kappa shape index (κ2) is 2.94. The van der Waals surface area contributed by atoms with Crippen molar-refractivity contribution in [1.82, 2.24) is 4.98 Å². The topological polar surface area (TPSA) is 15.8 Å². The van der Waals surface area contributed by atoms with Crippen molar-refractivity contribution in [2.45, 2.75) is 13.3 Å². The summed E-state index contributed by atoms with van der Waals surface area (Å²) in [6, 6.07) is 6.36. The highest BCUT2D eigenvalue weighted by Gasteiger charge is 2.02. The average Bonchev–Trinajstić information content (AvgIpc) is 2.54. The molecule has 0 radical (unpaired) electrons. The van der Waals surface area contributed by atoms with Crippen molar-refractivity contribution in [3.63, 3.8) is 0 Å². The summed E-state index contributed by atoms with van der Waals surface area (Å²) in [5.41, 5.74) is 2.63. The van der Waals surface area contributed by atoms with E-state index in [0.29, 0.717) is 0 Å². The van der Waals surface area contributed by atoms with Gasteiger partial charge in [-0.25, -0.2) is 0 Å². The van der Waals surface area contributed by atoms with Crippen LogP contribution in [0.5, 0.6) is 0 Å². The molecule has 0 bridgehead atoms. The van der Waals surface area contributed by atoms with Gasteiger partial charge < -0.3 is 4.98 Å². The van der Waals surface area contributed by atoms with Crippen LogP contribution in [-0.2, 0) is 6.42 Å². The Kier molecular flexibility index (Phi) is 1.93. The largest absolute Gasteiger partial charge is 0.361 e. The molecule has 0 aliphatic carbocycles. The van der Waals surface area contributed by atoms with E-state index in [1.165, 1.54) is 16.5 Å². The molecule has 1 aromatic heterocycles. The maximum absolute atomic E-state index is 3.52. The first-order chi connectivity index (χ1) is 5.83. The summed E-state index contributed by atoms with van der Waals surface area (Å²) in [4.78, 5) is 3.25. The number of aromatic nitrogens is 1. The molecule has 1 heterocycles. The lowest BCUT2D eigenvalue weighted by Crippen LogP contribution is -1.82. The predicted octanol–water partition coefficient (Wildman–Crippen LogP) is 3.49. The fourth-order valence-corrected chi connectivity index (χ4v) is 1.94. The van der Waals surface area contributed by atoms with Crippen LogP contribution in [0.2, 0.25) is 0 Å². The zero-order chi connectivity index (χ0) is 8.55. The number of aryl methyl sites for hydroxylation is 1. The quantitative estimate of drug-likeness (QED) is 0.763. The predicted molar refractivity (Wildman–Crippen MR) is 55.4 cm³/mol. The summed E-state index contributed by atoms with van der Waals surface area (Å²) in [6.07, 6.45) is 3.05. The Labute approximate surface area is 79.9 Å². The minimum absolute atomic E-state index is 1.07. The second-order valence-corrected chi connectivity index (χ2v) is 3.68. The molecular weight excluding hydrogens is 214 g/mol. The number of halogens is 1. The Morgan fingerprint density at radius 1 is 1.33 bits per heavy atom. The highest BCUT2D eigenvalue weighted by molar-refractivity contribution is 9.10. The molecule has 0 spiro atoms. The summed E-state index contributed by atoms with van der Waals surface area (Å²) in [7, 11) is 0. The van der Waals surface area contributed by atoms with Gasteiger partial charge >= 0.3 is 0 Å². The maximum Gasteiger partial charge on any atom is 0.0497 e. The van der Waals surface area contributed by atoms with Gasteiger partial charge in [0.25, 0.3) is 0 Å². The van der Waals surface area contributed by atoms with Gasteiger partial charge in [0.15, 0.2) is 0 Å². The molecular formula is C10H10BrN. The van der Waals surface area contributed by atoms with Gasteiger partial charge in [-0.15, -0.1) is 0 Å². The second-order valence-electron chi connectivity index (χ2n) is 2.83. The van der Waals surface area contributed by atoms with Gasteiger partial charge in [0.1, 0.15) is 0 Å². The minimum Gasteiger partial charge on any atom is -0.361 e. The van der Waals surface area contributed by atoms with Crippen LogP contribution in [0.3, 0.4) is 0 Å². The average molecular weight is 224 g/mol. The van der Waals surface area contributed by atoms with Crippen LogP contribution >= 0.6 is 15.9 Å². The highest BCUT2D eigenvalue weighted by atomic mass is 79.9. The first-order valence-electron chi connectivity index (χ1n) is 4.07. The number of aromatic amines is 1. The molecule has 0 amide bonds. The Balaban J connectivity index is 2.82. The number of fused-ring (bicyclic) bond motifs is 1. The standard InChI is InChI=1S/C10H10BrN/c1-2-7-3-4-9(11)8-5-6-12-10(7)8/h3-6,12H,2H2,1H3. The molecule has 2 heteroatoms. The summed E-state index contributed by atoms with van der Waals surface area (Å²) in [6.45, 7) is 2.17. The highest BCUT2D eigenvalue weighted by Crippen LogP contribution is 2.25. The number of nitrogens with one attached hydrogen (secondary N) is 1. The fraction of sp³-hybridized carbons (Fsp3) is 0.200. The Bertz CT molecular complexity index is 403. The van der Waals surface area contributed by atoms with Gasteiger partial charge in [-0.05, 0) is 24.1 Å². The lowest BCUT2D eigenvalue weighted by atomic mass is 10.1. The van der Waals surface area contributed by atoms with Gasteiger partial charge in [0, 0.05) is 21.6 Å². The third-order valence-corrected chi connectivity index (χ3v) is 2.83. The van der Waals surface area contributed by atoms with E-state index < -0.39 is 0 Å². The van der Waals surface area contributed by atoms with Crippen molar-refractivity contribution >= 4 is 26.8 Å². The Morgan fingerprint density at radius 2 is 2.17 bits per heavy atom. The summed E-state index contributed by atoms with van der Waals surface area (Å²) < 4.78 is 1.16. The molecule has 0 saturated heterocycles. The Morgan fingerprint density at radius 3 is 2.92 bits per heavy atom. The van der Waals surface area contributed by atoms with Crippen LogP contribution < -0.4 is 0 Å². The first kappa shape index (κ1) is 7.87. The molecule has 1 N–H and O–H groups in total. The van der Waals surface area contributed by atoms with E-state index in [1.807, 2.05) is 6.20 Å². The lowest BCUT2D eigenvalue weighted by molar-refractivity contribution is 1.15. The smallest absolute Gasteiger partial charge is 0.0497 e. The van der Waals surface area contributed by atoms with Crippen LogP contribution in [0, 0.1) is 0 Å². The van der Waals surface area contributed by atoms with E-state index in [-0.39, 0.29) is 0 Å².